The van der Waals surface area contributed by atoms with Gasteiger partial charge in [-0.05, 0) is 36.4 Å². The standard InChI is InChI=1S/C28H24F3N5O4S/c1-40-22-17-19(34-41(39)23-8-2-5-18-6-3-11-32-24(18)23)9-10-20(22)26(37)35-13-15-36(16-14-35)27(38)21-7-4-12-33-25(21)28(29,30)31/h2-12,17,34H,13-16H2,1H3. The first kappa shape index (κ1) is 28.0. The lowest BCUT2D eigenvalue weighted by molar-refractivity contribution is -0.141. The average Bonchev–Trinajstić information content (AvgIpc) is 2.99. The average molecular weight is 584 g/mol. The molecule has 212 valence electrons. The maximum absolute atomic E-state index is 13.3. The molecule has 2 aromatic carbocycles. The molecule has 0 radical (unpaired) electrons. The maximum Gasteiger partial charge on any atom is 0.434 e. The van der Waals surface area contributed by atoms with Gasteiger partial charge in [0.05, 0.1) is 34.3 Å². The number of nitrogens with one attached hydrogen (secondary N) is 1. The molecule has 0 saturated carbocycles. The Hall–Kier alpha value is -4.52. The molecule has 5 rings (SSSR count). The first-order chi connectivity index (χ1) is 19.7. The van der Waals surface area contributed by atoms with E-state index in [0.29, 0.717) is 16.1 Å². The first-order valence-corrected chi connectivity index (χ1v) is 13.6. The predicted molar refractivity (Wildman–Crippen MR) is 146 cm³/mol. The predicted octanol–water partition coefficient (Wildman–Crippen LogP) is 4.39. The van der Waals surface area contributed by atoms with E-state index in [-0.39, 0.29) is 43.4 Å². The minimum absolute atomic E-state index is 0.0523. The maximum atomic E-state index is 13.3. The molecule has 1 N–H and O–H groups in total. The van der Waals surface area contributed by atoms with Gasteiger partial charge in [0.25, 0.3) is 11.8 Å². The summed E-state index contributed by atoms with van der Waals surface area (Å²) >= 11 is 0. The molecule has 0 aliphatic carbocycles. The Morgan fingerprint density at radius 1 is 0.878 bits per heavy atom. The third-order valence-electron chi connectivity index (χ3n) is 6.60. The van der Waals surface area contributed by atoms with Crippen LogP contribution in [0.1, 0.15) is 26.4 Å². The normalized spacial score (nSPS) is 14.5. The van der Waals surface area contributed by atoms with Crippen LogP contribution in [0.15, 0.2) is 78.0 Å². The second-order valence-electron chi connectivity index (χ2n) is 9.10. The number of fused-ring (bicyclic) bond motifs is 1. The summed E-state index contributed by atoms with van der Waals surface area (Å²) in [6, 6.07) is 16.1. The van der Waals surface area contributed by atoms with E-state index >= 15 is 0 Å². The second-order valence-corrected chi connectivity index (χ2v) is 10.3. The van der Waals surface area contributed by atoms with Crippen LogP contribution in [0.4, 0.5) is 18.9 Å². The number of anilines is 1. The topological polar surface area (TPSA) is 105 Å². The number of hydrogen-bond acceptors (Lipinski definition) is 6. The van der Waals surface area contributed by atoms with Gasteiger partial charge in [-0.3, -0.25) is 19.6 Å². The second kappa shape index (κ2) is 11.5. The van der Waals surface area contributed by atoms with Crippen molar-refractivity contribution in [3.05, 3.63) is 89.9 Å². The Labute approximate surface area is 235 Å². The van der Waals surface area contributed by atoms with Crippen LogP contribution in [0.25, 0.3) is 10.9 Å². The molecule has 2 aromatic heterocycles. The third-order valence-corrected chi connectivity index (χ3v) is 7.75. The van der Waals surface area contributed by atoms with Crippen LogP contribution in [0.5, 0.6) is 5.75 Å². The number of ether oxygens (including phenoxy) is 1. The molecule has 13 heteroatoms. The van der Waals surface area contributed by atoms with Crippen LogP contribution in [0.3, 0.4) is 0 Å². The van der Waals surface area contributed by atoms with Crippen LogP contribution < -0.4 is 9.46 Å². The molecule has 1 fully saturated rings. The molecule has 1 unspecified atom stereocenters. The Morgan fingerprint density at radius 2 is 1.51 bits per heavy atom. The monoisotopic (exact) mass is 583 g/mol. The molecule has 41 heavy (non-hydrogen) atoms. The van der Waals surface area contributed by atoms with Gasteiger partial charge in [0.2, 0.25) is 0 Å². The van der Waals surface area contributed by atoms with Crippen molar-refractivity contribution in [2.45, 2.75) is 11.1 Å². The van der Waals surface area contributed by atoms with Crippen molar-refractivity contribution in [1.29, 1.82) is 0 Å². The molecule has 1 atom stereocenters. The van der Waals surface area contributed by atoms with Crippen molar-refractivity contribution >= 4 is 39.4 Å². The first-order valence-electron chi connectivity index (χ1n) is 12.5. The fourth-order valence-corrected chi connectivity index (χ4v) is 5.58. The quantitative estimate of drug-likeness (QED) is 0.361. The van der Waals surface area contributed by atoms with E-state index < -0.39 is 34.3 Å². The van der Waals surface area contributed by atoms with E-state index in [1.807, 2.05) is 12.1 Å². The SMILES string of the molecule is COc1cc(NS(=O)c2cccc3cccnc23)ccc1C(=O)N1CCN(C(=O)c2cccnc2C(F)(F)F)CC1. The van der Waals surface area contributed by atoms with Gasteiger partial charge >= 0.3 is 6.18 Å². The zero-order valence-electron chi connectivity index (χ0n) is 21.7. The van der Waals surface area contributed by atoms with Gasteiger partial charge in [-0.2, -0.15) is 13.2 Å². The highest BCUT2D eigenvalue weighted by Gasteiger charge is 2.38. The molecule has 4 aromatic rings. The van der Waals surface area contributed by atoms with Gasteiger partial charge in [0.1, 0.15) is 5.75 Å². The molecular formula is C28H24F3N5O4S. The molecule has 0 spiro atoms. The van der Waals surface area contributed by atoms with Crippen molar-refractivity contribution in [2.75, 3.05) is 38.0 Å². The number of piperazine rings is 1. The highest BCUT2D eigenvalue weighted by atomic mass is 32.2. The zero-order valence-corrected chi connectivity index (χ0v) is 22.5. The van der Waals surface area contributed by atoms with Crippen LogP contribution in [0.2, 0.25) is 0 Å². The molecule has 1 aliphatic heterocycles. The number of halogens is 3. The minimum atomic E-state index is -4.76. The molecule has 2 amide bonds. The zero-order chi connectivity index (χ0) is 29.1. The number of aromatic nitrogens is 2. The summed E-state index contributed by atoms with van der Waals surface area (Å²) in [5.74, 6) is -0.908. The summed E-state index contributed by atoms with van der Waals surface area (Å²) < 4.78 is 61.4. The van der Waals surface area contributed by atoms with E-state index in [4.69, 9.17) is 4.74 Å². The summed E-state index contributed by atoms with van der Waals surface area (Å²) in [7, 11) is -0.241. The third kappa shape index (κ3) is 5.85. The van der Waals surface area contributed by atoms with Crippen LogP contribution >= 0.6 is 0 Å². The van der Waals surface area contributed by atoms with Crippen molar-refractivity contribution in [3.63, 3.8) is 0 Å². The van der Waals surface area contributed by atoms with Gasteiger partial charge < -0.3 is 19.3 Å². The largest absolute Gasteiger partial charge is 0.496 e. The Kier molecular flexibility index (Phi) is 7.88. The van der Waals surface area contributed by atoms with Gasteiger partial charge in [-0.25, -0.2) is 4.21 Å². The van der Waals surface area contributed by atoms with Crippen LogP contribution in [-0.2, 0) is 17.2 Å². The van der Waals surface area contributed by atoms with E-state index in [9.17, 15) is 27.0 Å². The van der Waals surface area contributed by atoms with Crippen LogP contribution in [0, 0.1) is 0 Å². The Bertz CT molecular complexity index is 1640. The van der Waals surface area contributed by atoms with Gasteiger partial charge in [0, 0.05) is 50.0 Å². The summed E-state index contributed by atoms with van der Waals surface area (Å²) in [5.41, 5.74) is -0.449. The lowest BCUT2D eigenvalue weighted by Gasteiger charge is -2.35. The van der Waals surface area contributed by atoms with Gasteiger partial charge in [-0.15, -0.1) is 0 Å². The van der Waals surface area contributed by atoms with Gasteiger partial charge in [0.15, 0.2) is 16.7 Å². The number of alkyl halides is 3. The number of para-hydroxylation sites is 1. The lowest BCUT2D eigenvalue weighted by atomic mass is 10.1. The summed E-state index contributed by atoms with van der Waals surface area (Å²) in [4.78, 5) is 37.1. The highest BCUT2D eigenvalue weighted by molar-refractivity contribution is 7.86. The van der Waals surface area contributed by atoms with Crippen molar-refractivity contribution in [3.8, 4) is 5.75 Å². The number of amides is 2. The number of rotatable bonds is 6. The van der Waals surface area contributed by atoms with Crippen LogP contribution in [-0.4, -0.2) is 69.1 Å². The van der Waals surface area contributed by atoms with Crippen molar-refractivity contribution < 1.29 is 31.7 Å². The van der Waals surface area contributed by atoms with Crippen molar-refractivity contribution in [2.24, 2.45) is 0 Å². The molecule has 9 nitrogen and oxygen atoms in total. The summed E-state index contributed by atoms with van der Waals surface area (Å²) in [6.45, 7) is 0.342. The lowest BCUT2D eigenvalue weighted by Crippen LogP contribution is -2.51. The molecule has 1 aliphatic rings. The number of pyridine rings is 2. The fraction of sp³-hybridized carbons (Fsp3) is 0.214. The number of benzene rings is 2. The smallest absolute Gasteiger partial charge is 0.434 e. The number of nitrogens with zero attached hydrogens (tertiary/aromatic N) is 4. The van der Waals surface area contributed by atoms with E-state index in [0.717, 1.165) is 17.6 Å². The Morgan fingerprint density at radius 3 is 2.20 bits per heavy atom. The summed E-state index contributed by atoms with van der Waals surface area (Å²) in [6.07, 6.45) is -2.15. The molecule has 1 saturated heterocycles. The van der Waals surface area contributed by atoms with Crippen molar-refractivity contribution in [1.82, 2.24) is 19.8 Å². The number of hydrogen-bond donors (Lipinski definition) is 1. The van der Waals surface area contributed by atoms with E-state index in [1.54, 1.807) is 42.6 Å². The summed E-state index contributed by atoms with van der Waals surface area (Å²) in [5, 5.41) is 0.849. The van der Waals surface area contributed by atoms with E-state index in [1.165, 1.54) is 23.0 Å². The number of methoxy groups -OCH3 is 1. The molecular weight excluding hydrogens is 559 g/mol. The number of carbonyl (C=O) groups excluding carboxylic acids is 2. The fourth-order valence-electron chi connectivity index (χ4n) is 4.58. The number of carbonyl (C=O) groups is 2. The van der Waals surface area contributed by atoms with Gasteiger partial charge in [-0.1, -0.05) is 18.2 Å². The molecule has 3 heterocycles. The minimum Gasteiger partial charge on any atom is -0.496 e. The van der Waals surface area contributed by atoms with E-state index in [2.05, 4.69) is 14.7 Å². The molecule has 0 bridgehead atoms. The highest BCUT2D eigenvalue weighted by Crippen LogP contribution is 2.31. The Balaban J connectivity index is 1.27.